The van der Waals surface area contributed by atoms with Crippen molar-refractivity contribution in [3.05, 3.63) is 59.7 Å². The van der Waals surface area contributed by atoms with Gasteiger partial charge in [0.05, 0.1) is 51.6 Å². The van der Waals surface area contributed by atoms with E-state index in [1.165, 1.54) is 0 Å². The summed E-state index contributed by atoms with van der Waals surface area (Å²) in [7, 11) is 3.27. The molecule has 0 radical (unpaired) electrons. The summed E-state index contributed by atoms with van der Waals surface area (Å²) in [6.45, 7) is 6.23. The van der Waals surface area contributed by atoms with Crippen molar-refractivity contribution in [2.45, 2.75) is 0 Å². The second kappa shape index (κ2) is 7.83. The van der Waals surface area contributed by atoms with Crippen LogP contribution in [0.25, 0.3) is 0 Å². The Balaban J connectivity index is 1.49. The van der Waals surface area contributed by atoms with Crippen LogP contribution < -0.4 is 9.47 Å². The molecule has 4 fully saturated rings. The zero-order valence-electron chi connectivity index (χ0n) is 17.5. The highest BCUT2D eigenvalue weighted by Gasteiger charge is 2.51. The summed E-state index contributed by atoms with van der Waals surface area (Å²) in [5.41, 5.74) is 3.11. The Labute approximate surface area is 177 Å². The van der Waals surface area contributed by atoms with Crippen LogP contribution in [0.3, 0.4) is 0 Å². The summed E-state index contributed by atoms with van der Waals surface area (Å²) in [5.74, 6) is 1.39. The van der Waals surface area contributed by atoms with Gasteiger partial charge in [-0.05, 0) is 29.3 Å². The van der Waals surface area contributed by atoms with Crippen LogP contribution in [0.4, 0.5) is 0 Å². The highest BCUT2D eigenvalue weighted by Crippen LogP contribution is 2.38. The lowest BCUT2D eigenvalue weighted by atomic mass is 9.74. The fraction of sp³-hybridized carbons (Fsp3) is 0.391. The third-order valence-corrected chi connectivity index (χ3v) is 6.10. The maximum absolute atomic E-state index is 5.40. The fourth-order valence-electron chi connectivity index (χ4n) is 5.09. The Morgan fingerprint density at radius 1 is 0.867 bits per heavy atom. The first-order valence-electron chi connectivity index (χ1n) is 10.3. The van der Waals surface area contributed by atoms with Crippen LogP contribution >= 0.6 is 0 Å². The third-order valence-electron chi connectivity index (χ3n) is 6.10. The molecule has 2 aromatic rings. The van der Waals surface area contributed by atoms with E-state index in [2.05, 4.69) is 44.1 Å². The molecule has 0 atom stereocenters. The van der Waals surface area contributed by atoms with Crippen LogP contribution in [-0.4, -0.2) is 80.5 Å². The lowest BCUT2D eigenvalue weighted by Crippen LogP contribution is -2.74. The van der Waals surface area contributed by atoms with Gasteiger partial charge in [-0.1, -0.05) is 30.3 Å². The lowest BCUT2D eigenvalue weighted by Gasteiger charge is -2.60. The highest BCUT2D eigenvalue weighted by atomic mass is 16.5. The van der Waals surface area contributed by atoms with Gasteiger partial charge in [0.25, 0.3) is 0 Å². The summed E-state index contributed by atoms with van der Waals surface area (Å²) < 4.78 is 10.7. The zero-order chi connectivity index (χ0) is 20.6. The minimum Gasteiger partial charge on any atom is -0.493 e. The molecule has 30 heavy (non-hydrogen) atoms. The number of nitrogens with zero attached hydrogens (tertiary/aromatic N) is 5. The van der Waals surface area contributed by atoms with E-state index in [-0.39, 0.29) is 5.41 Å². The molecule has 4 bridgehead atoms. The van der Waals surface area contributed by atoms with Gasteiger partial charge in [0.2, 0.25) is 0 Å². The number of rotatable bonds is 6. The quantitative estimate of drug-likeness (QED) is 0.545. The predicted octanol–water partition coefficient (Wildman–Crippen LogP) is 2.33. The topological polar surface area (TPSA) is 52.9 Å². The second-order valence-corrected chi connectivity index (χ2v) is 8.37. The summed E-state index contributed by atoms with van der Waals surface area (Å²) in [5, 5.41) is 9.33. The predicted molar refractivity (Wildman–Crippen MR) is 117 cm³/mol. The molecule has 4 aliphatic heterocycles. The average molecular weight is 406 g/mol. The van der Waals surface area contributed by atoms with Crippen molar-refractivity contribution in [3.63, 3.8) is 0 Å². The molecule has 0 amide bonds. The Kier molecular flexibility index (Phi) is 5.02. The van der Waals surface area contributed by atoms with Crippen molar-refractivity contribution in [3.8, 4) is 11.5 Å². The van der Waals surface area contributed by atoms with Crippen LogP contribution in [0.1, 0.15) is 11.1 Å². The van der Waals surface area contributed by atoms with Crippen molar-refractivity contribution in [1.29, 1.82) is 0 Å². The molecule has 0 aliphatic carbocycles. The van der Waals surface area contributed by atoms with Crippen LogP contribution in [0.2, 0.25) is 0 Å². The van der Waals surface area contributed by atoms with Crippen molar-refractivity contribution in [2.24, 2.45) is 15.6 Å². The monoisotopic (exact) mass is 405 g/mol. The van der Waals surface area contributed by atoms with E-state index in [0.29, 0.717) is 11.5 Å². The molecular formula is C23H27N5O2. The number of benzene rings is 2. The summed E-state index contributed by atoms with van der Waals surface area (Å²) in [6.07, 6.45) is 1.78. The lowest BCUT2D eigenvalue weighted by molar-refractivity contribution is -0.149. The molecule has 0 saturated carbocycles. The molecule has 4 aliphatic rings. The molecule has 4 saturated heterocycles. The minimum absolute atomic E-state index is 0.0228. The summed E-state index contributed by atoms with van der Waals surface area (Å²) in [4.78, 5) is 7.52. The van der Waals surface area contributed by atoms with E-state index in [0.717, 1.165) is 56.5 Å². The van der Waals surface area contributed by atoms with Gasteiger partial charge in [-0.25, -0.2) is 0 Å². The fourth-order valence-corrected chi connectivity index (χ4v) is 5.09. The van der Waals surface area contributed by atoms with Gasteiger partial charge in [0.1, 0.15) is 0 Å². The minimum atomic E-state index is -0.0228. The van der Waals surface area contributed by atoms with Crippen molar-refractivity contribution < 1.29 is 9.47 Å². The van der Waals surface area contributed by atoms with E-state index in [1.54, 1.807) is 20.4 Å². The zero-order valence-corrected chi connectivity index (χ0v) is 17.5. The second-order valence-electron chi connectivity index (χ2n) is 8.37. The number of ether oxygens (including phenoxy) is 2. The molecule has 7 nitrogen and oxygen atoms in total. The van der Waals surface area contributed by atoms with Crippen LogP contribution in [0.15, 0.2) is 58.7 Å². The summed E-state index contributed by atoms with van der Waals surface area (Å²) in [6, 6.07) is 16.2. The molecule has 7 heteroatoms. The molecule has 0 aromatic heterocycles. The Morgan fingerprint density at radius 2 is 1.50 bits per heavy atom. The van der Waals surface area contributed by atoms with Crippen molar-refractivity contribution in [1.82, 2.24) is 14.7 Å². The van der Waals surface area contributed by atoms with Crippen LogP contribution in [0.5, 0.6) is 11.5 Å². The number of methoxy groups -OCH3 is 2. The molecule has 2 aromatic carbocycles. The molecule has 0 N–H and O–H groups in total. The molecular weight excluding hydrogens is 378 g/mol. The summed E-state index contributed by atoms with van der Waals surface area (Å²) >= 11 is 0. The Morgan fingerprint density at radius 3 is 2.10 bits per heavy atom. The van der Waals surface area contributed by atoms with Gasteiger partial charge in [-0.15, -0.1) is 0 Å². The van der Waals surface area contributed by atoms with Crippen LogP contribution in [0, 0.1) is 5.41 Å². The Bertz CT molecular complexity index is 938. The molecule has 6 rings (SSSR count). The van der Waals surface area contributed by atoms with Crippen LogP contribution in [-0.2, 0) is 0 Å². The molecule has 4 heterocycles. The first-order valence-corrected chi connectivity index (χ1v) is 10.3. The van der Waals surface area contributed by atoms with E-state index >= 15 is 0 Å². The first-order chi connectivity index (χ1) is 14.7. The standard InChI is InChI=1S/C23H27N5O2/c1-29-20-9-8-18(10-21(20)30-2)11-24-25-22(19-6-4-3-5-7-19)23-12-26-15-27(13-23)17-28(14-23)16-26/h3-11H,12-17H2,1-2H3/b24-11-,25-22+. The molecule has 156 valence electrons. The van der Waals surface area contributed by atoms with Gasteiger partial charge < -0.3 is 9.47 Å². The van der Waals surface area contributed by atoms with Gasteiger partial charge in [0.15, 0.2) is 11.5 Å². The van der Waals surface area contributed by atoms with Crippen molar-refractivity contribution in [2.75, 3.05) is 53.9 Å². The number of hydrogen-bond acceptors (Lipinski definition) is 7. The van der Waals surface area contributed by atoms with Gasteiger partial charge in [0, 0.05) is 19.6 Å². The first kappa shape index (κ1) is 19.2. The highest BCUT2D eigenvalue weighted by molar-refractivity contribution is 6.05. The molecule has 0 spiro atoms. The largest absolute Gasteiger partial charge is 0.493 e. The average Bonchev–Trinajstić information content (AvgIpc) is 2.76. The van der Waals surface area contributed by atoms with E-state index in [9.17, 15) is 0 Å². The van der Waals surface area contributed by atoms with E-state index in [4.69, 9.17) is 14.6 Å². The van der Waals surface area contributed by atoms with Gasteiger partial charge >= 0.3 is 0 Å². The smallest absolute Gasteiger partial charge is 0.161 e. The maximum atomic E-state index is 5.40. The SMILES string of the molecule is COc1ccc(/C=N\N=C(/c2ccccc2)C23CN4CN(CN(C4)C2)C3)cc1OC. The van der Waals surface area contributed by atoms with E-state index < -0.39 is 0 Å². The van der Waals surface area contributed by atoms with E-state index in [1.807, 2.05) is 24.3 Å². The molecule has 0 unspecified atom stereocenters. The van der Waals surface area contributed by atoms with Gasteiger partial charge in [-0.2, -0.15) is 10.2 Å². The Hall–Kier alpha value is -2.74. The normalized spacial score (nSPS) is 30.1. The maximum Gasteiger partial charge on any atom is 0.161 e. The third kappa shape index (κ3) is 3.49. The number of hydrogen-bond donors (Lipinski definition) is 0. The van der Waals surface area contributed by atoms with Gasteiger partial charge in [-0.3, -0.25) is 14.7 Å². The van der Waals surface area contributed by atoms with Crippen molar-refractivity contribution >= 4 is 11.9 Å².